The van der Waals surface area contributed by atoms with Crippen molar-refractivity contribution in [1.82, 2.24) is 9.79 Å². The van der Waals surface area contributed by atoms with Crippen molar-refractivity contribution in [2.24, 2.45) is 0 Å². The Morgan fingerprint density at radius 1 is 1.07 bits per heavy atom. The molecule has 2 aromatic rings. The van der Waals surface area contributed by atoms with Crippen LogP contribution >= 0.6 is 0 Å². The number of benzene rings is 2. The smallest absolute Gasteiger partial charge is 0.328 e. The molecule has 0 saturated carbocycles. The van der Waals surface area contributed by atoms with E-state index in [0.29, 0.717) is 0 Å². The molecular weight excluding hydrogens is 374 g/mol. The highest BCUT2D eigenvalue weighted by atomic mass is 32.2. The molecule has 0 bridgehead atoms. The maximum Gasteiger partial charge on any atom is 0.347 e. The number of sulfonamides is 1. The van der Waals surface area contributed by atoms with E-state index in [-0.39, 0.29) is 26.6 Å². The Morgan fingerprint density at radius 2 is 1.70 bits per heavy atom. The molecule has 10 heteroatoms. The molecule has 2 amide bonds. The highest BCUT2D eigenvalue weighted by molar-refractivity contribution is 7.89. The molecule has 1 heterocycles. The van der Waals surface area contributed by atoms with E-state index in [4.69, 9.17) is 10.1 Å². The molecule has 3 rings (SSSR count). The van der Waals surface area contributed by atoms with Crippen LogP contribution in [0.4, 0.5) is 0 Å². The van der Waals surface area contributed by atoms with Gasteiger partial charge in [-0.15, -0.1) is 0 Å². The number of nitrogens with zero attached hydrogens (tertiary/aromatic N) is 2. The van der Waals surface area contributed by atoms with Gasteiger partial charge in [0.15, 0.2) is 0 Å². The Bertz CT molecular complexity index is 1070. The lowest BCUT2D eigenvalue weighted by molar-refractivity contribution is -0.166. The van der Waals surface area contributed by atoms with Crippen molar-refractivity contribution in [1.29, 1.82) is 5.26 Å². The fraction of sp³-hybridized carbons (Fsp3) is 0.0588. The fourth-order valence-corrected chi connectivity index (χ4v) is 3.37. The van der Waals surface area contributed by atoms with E-state index in [1.165, 1.54) is 30.3 Å². The van der Waals surface area contributed by atoms with Crippen molar-refractivity contribution >= 4 is 27.8 Å². The van der Waals surface area contributed by atoms with Crippen LogP contribution in [0.15, 0.2) is 53.4 Å². The SMILES string of the molecule is N#Cc1cccc(S(=O)(=O)NCC(=O)ON2C(=O)c3ccccc3C2=O)c1. The topological polar surface area (TPSA) is 134 Å². The maximum atomic E-state index is 12.2. The van der Waals surface area contributed by atoms with Gasteiger partial charge in [0, 0.05) is 0 Å². The summed E-state index contributed by atoms with van der Waals surface area (Å²) in [5, 5.41) is 9.11. The minimum Gasteiger partial charge on any atom is -0.328 e. The van der Waals surface area contributed by atoms with Crippen LogP contribution in [0.2, 0.25) is 0 Å². The van der Waals surface area contributed by atoms with Crippen LogP contribution in [0.1, 0.15) is 26.3 Å². The number of carbonyl (C=O) groups is 3. The molecule has 0 unspecified atom stereocenters. The van der Waals surface area contributed by atoms with Crippen LogP contribution in [0.3, 0.4) is 0 Å². The van der Waals surface area contributed by atoms with Crippen LogP contribution < -0.4 is 4.72 Å². The van der Waals surface area contributed by atoms with Crippen molar-refractivity contribution in [3.63, 3.8) is 0 Å². The lowest BCUT2D eigenvalue weighted by atomic mass is 10.1. The van der Waals surface area contributed by atoms with Crippen molar-refractivity contribution in [3.8, 4) is 6.07 Å². The Balaban J connectivity index is 1.66. The van der Waals surface area contributed by atoms with Gasteiger partial charge >= 0.3 is 5.97 Å². The lowest BCUT2D eigenvalue weighted by Crippen LogP contribution is -2.38. The van der Waals surface area contributed by atoms with Crippen molar-refractivity contribution in [3.05, 3.63) is 65.2 Å². The number of hydrogen-bond acceptors (Lipinski definition) is 7. The predicted molar refractivity (Wildman–Crippen MR) is 89.4 cm³/mol. The zero-order chi connectivity index (χ0) is 19.6. The van der Waals surface area contributed by atoms with Crippen LogP contribution in [0.5, 0.6) is 0 Å². The summed E-state index contributed by atoms with van der Waals surface area (Å²) in [5.74, 6) is -2.77. The van der Waals surface area contributed by atoms with E-state index in [2.05, 4.69) is 0 Å². The van der Waals surface area contributed by atoms with Gasteiger partial charge in [-0.3, -0.25) is 9.59 Å². The quantitative estimate of drug-likeness (QED) is 0.745. The third kappa shape index (κ3) is 3.55. The number of rotatable bonds is 5. The summed E-state index contributed by atoms with van der Waals surface area (Å²) in [7, 11) is -4.09. The maximum absolute atomic E-state index is 12.2. The number of carbonyl (C=O) groups excluding carboxylic acids is 3. The Hall–Kier alpha value is -3.55. The number of nitrogens with one attached hydrogen (secondary N) is 1. The monoisotopic (exact) mass is 385 g/mol. The second kappa shape index (κ2) is 6.99. The fourth-order valence-electron chi connectivity index (χ4n) is 2.35. The summed E-state index contributed by atoms with van der Waals surface area (Å²) in [6.07, 6.45) is 0. The molecule has 0 aromatic heterocycles. The summed E-state index contributed by atoms with van der Waals surface area (Å²) >= 11 is 0. The van der Waals surface area contributed by atoms with Gasteiger partial charge in [0.1, 0.15) is 6.54 Å². The molecule has 2 aromatic carbocycles. The van der Waals surface area contributed by atoms with Gasteiger partial charge in [-0.1, -0.05) is 23.3 Å². The number of fused-ring (bicyclic) bond motifs is 1. The van der Waals surface area contributed by atoms with Crippen LogP contribution in [0.25, 0.3) is 0 Å². The first-order valence-electron chi connectivity index (χ1n) is 7.52. The highest BCUT2D eigenvalue weighted by Crippen LogP contribution is 2.22. The molecule has 1 N–H and O–H groups in total. The summed E-state index contributed by atoms with van der Waals surface area (Å²) < 4.78 is 26.3. The number of hydrogen-bond donors (Lipinski definition) is 1. The Labute approximate surface area is 153 Å². The molecular formula is C17H11N3O6S. The molecule has 27 heavy (non-hydrogen) atoms. The Kier molecular flexibility index (Phi) is 4.72. The van der Waals surface area contributed by atoms with E-state index in [1.54, 1.807) is 18.2 Å². The van der Waals surface area contributed by atoms with E-state index in [0.717, 1.165) is 6.07 Å². The van der Waals surface area contributed by atoms with Crippen molar-refractivity contribution < 1.29 is 27.6 Å². The molecule has 0 spiro atoms. The predicted octanol–water partition coefficient (Wildman–Crippen LogP) is 0.591. The standard InChI is InChI=1S/C17H11N3O6S/c18-9-11-4-3-5-12(8-11)27(24,25)19-10-15(21)26-20-16(22)13-6-1-2-7-14(13)17(20)23/h1-8,19H,10H2. The molecule has 1 aliphatic rings. The van der Waals surface area contributed by atoms with Gasteiger partial charge in [0.2, 0.25) is 10.0 Å². The van der Waals surface area contributed by atoms with E-state index in [9.17, 15) is 22.8 Å². The molecule has 9 nitrogen and oxygen atoms in total. The molecule has 0 fully saturated rings. The minimum atomic E-state index is -4.09. The second-order valence-electron chi connectivity index (χ2n) is 5.38. The van der Waals surface area contributed by atoms with Crippen LogP contribution in [-0.4, -0.2) is 37.8 Å². The summed E-state index contributed by atoms with van der Waals surface area (Å²) in [6.45, 7) is -0.813. The molecule has 1 aliphatic heterocycles. The number of hydroxylamine groups is 2. The second-order valence-corrected chi connectivity index (χ2v) is 7.14. The third-order valence-corrected chi connectivity index (χ3v) is 5.03. The number of amides is 2. The van der Waals surface area contributed by atoms with Gasteiger partial charge in [-0.25, -0.2) is 13.2 Å². The number of imide groups is 1. The Morgan fingerprint density at radius 3 is 2.30 bits per heavy atom. The first-order chi connectivity index (χ1) is 12.8. The van der Waals surface area contributed by atoms with Crippen LogP contribution in [0, 0.1) is 11.3 Å². The highest BCUT2D eigenvalue weighted by Gasteiger charge is 2.38. The number of nitriles is 1. The largest absolute Gasteiger partial charge is 0.347 e. The molecule has 0 atom stereocenters. The third-order valence-electron chi connectivity index (χ3n) is 3.63. The van der Waals surface area contributed by atoms with Gasteiger partial charge < -0.3 is 4.84 Å². The van der Waals surface area contributed by atoms with E-state index >= 15 is 0 Å². The van der Waals surface area contributed by atoms with Gasteiger partial charge in [-0.05, 0) is 30.3 Å². The van der Waals surface area contributed by atoms with E-state index < -0.39 is 34.4 Å². The minimum absolute atomic E-state index is 0.0872. The average molecular weight is 385 g/mol. The normalized spacial score (nSPS) is 13.2. The zero-order valence-corrected chi connectivity index (χ0v) is 14.4. The first-order valence-corrected chi connectivity index (χ1v) is 9.00. The summed E-state index contributed by atoms with van der Waals surface area (Å²) in [6, 6.07) is 12.9. The summed E-state index contributed by atoms with van der Waals surface area (Å²) in [4.78, 5) is 40.6. The molecule has 0 aliphatic carbocycles. The van der Waals surface area contributed by atoms with Crippen molar-refractivity contribution in [2.75, 3.05) is 6.54 Å². The lowest BCUT2D eigenvalue weighted by Gasteiger charge is -2.13. The van der Waals surface area contributed by atoms with E-state index in [1.807, 2.05) is 4.72 Å². The molecule has 136 valence electrons. The van der Waals surface area contributed by atoms with Gasteiger partial charge in [-0.2, -0.15) is 9.98 Å². The van der Waals surface area contributed by atoms with Gasteiger partial charge in [0.05, 0.1) is 27.7 Å². The zero-order valence-electron chi connectivity index (χ0n) is 13.6. The average Bonchev–Trinajstić information content (AvgIpc) is 2.92. The molecule has 0 saturated heterocycles. The first kappa shape index (κ1) is 18.2. The summed E-state index contributed by atoms with van der Waals surface area (Å²) in [5.41, 5.74) is 0.305. The van der Waals surface area contributed by atoms with Crippen LogP contribution in [-0.2, 0) is 19.7 Å². The van der Waals surface area contributed by atoms with Crippen molar-refractivity contribution in [2.45, 2.75) is 4.90 Å². The molecule has 0 radical (unpaired) electrons. The van der Waals surface area contributed by atoms with Gasteiger partial charge in [0.25, 0.3) is 11.8 Å².